The van der Waals surface area contributed by atoms with E-state index in [0.717, 1.165) is 0 Å². The highest BCUT2D eigenvalue weighted by Gasteiger charge is 1.86. The van der Waals surface area contributed by atoms with E-state index < -0.39 is 0 Å². The topological polar surface area (TPSA) is 0 Å². The Balaban J connectivity index is 3.03. The van der Waals surface area contributed by atoms with E-state index in [4.69, 9.17) is 0 Å². The molecule has 0 fully saturated rings. The lowest BCUT2D eigenvalue weighted by Crippen LogP contribution is -1.69. The molecule has 0 aromatic rings. The first-order valence-corrected chi connectivity index (χ1v) is 2.20. The van der Waals surface area contributed by atoms with E-state index in [1.165, 1.54) is 5.92 Å². The van der Waals surface area contributed by atoms with Crippen molar-refractivity contribution in [2.24, 2.45) is 0 Å². The summed E-state index contributed by atoms with van der Waals surface area (Å²) >= 11 is 0. The van der Waals surface area contributed by atoms with Crippen LogP contribution in [-0.2, 0) is 0 Å². The Labute approximate surface area is 39.9 Å². The SMILES string of the molecule is CC=C[C+](C)C. The summed E-state index contributed by atoms with van der Waals surface area (Å²) in [7, 11) is 0. The normalized spacial score (nSPS) is 9.83. The van der Waals surface area contributed by atoms with Gasteiger partial charge < -0.3 is 0 Å². The van der Waals surface area contributed by atoms with Crippen LogP contribution in [0.25, 0.3) is 0 Å². The summed E-state index contributed by atoms with van der Waals surface area (Å²) in [5.74, 6) is 1.36. The van der Waals surface area contributed by atoms with Crippen LogP contribution in [0.15, 0.2) is 12.2 Å². The van der Waals surface area contributed by atoms with Gasteiger partial charge >= 0.3 is 0 Å². The molecule has 0 aromatic carbocycles. The predicted octanol–water partition coefficient (Wildman–Crippen LogP) is 2.18. The van der Waals surface area contributed by atoms with E-state index in [2.05, 4.69) is 19.9 Å². The second-order valence-electron chi connectivity index (χ2n) is 1.58. The van der Waals surface area contributed by atoms with Crippen LogP contribution in [0.3, 0.4) is 0 Å². The van der Waals surface area contributed by atoms with Crippen molar-refractivity contribution in [2.75, 3.05) is 0 Å². The van der Waals surface area contributed by atoms with Crippen LogP contribution in [-0.4, -0.2) is 0 Å². The molecule has 0 saturated heterocycles. The summed E-state index contributed by atoms with van der Waals surface area (Å²) in [4.78, 5) is 0. The van der Waals surface area contributed by atoms with Gasteiger partial charge in [0.05, 0.1) is 6.08 Å². The van der Waals surface area contributed by atoms with Crippen LogP contribution >= 0.6 is 0 Å². The van der Waals surface area contributed by atoms with Crippen molar-refractivity contribution < 1.29 is 0 Å². The molecule has 0 aromatic heterocycles. The largest absolute Gasteiger partial charge is 0.0912 e. The summed E-state index contributed by atoms with van der Waals surface area (Å²) in [6, 6.07) is 0. The van der Waals surface area contributed by atoms with Crippen LogP contribution in [0, 0.1) is 5.92 Å². The lowest BCUT2D eigenvalue weighted by molar-refractivity contribution is 1.20. The fourth-order valence-electron chi connectivity index (χ4n) is 0.333. The molecule has 0 heteroatoms. The summed E-state index contributed by atoms with van der Waals surface area (Å²) in [6.45, 7) is 6.19. The number of rotatable bonds is 1. The zero-order valence-corrected chi connectivity index (χ0v) is 4.65. The van der Waals surface area contributed by atoms with Gasteiger partial charge in [-0.05, 0) is 0 Å². The molecule has 0 aliphatic rings. The maximum absolute atomic E-state index is 2.08. The smallest absolute Gasteiger partial charge is 0.0211 e. The van der Waals surface area contributed by atoms with Crippen molar-refractivity contribution in [1.82, 2.24) is 0 Å². The highest BCUT2D eigenvalue weighted by molar-refractivity contribution is 5.01. The third-order valence-corrected chi connectivity index (χ3v) is 0.500. The number of hydrogen-bond acceptors (Lipinski definition) is 0. The lowest BCUT2D eigenvalue weighted by atomic mass is 10.2. The Morgan fingerprint density at radius 1 is 1.33 bits per heavy atom. The summed E-state index contributed by atoms with van der Waals surface area (Å²) in [6.07, 6.45) is 4.12. The fourth-order valence-corrected chi connectivity index (χ4v) is 0.333. The van der Waals surface area contributed by atoms with Gasteiger partial charge in [0.1, 0.15) is 0 Å². The maximum atomic E-state index is 2.08. The first kappa shape index (κ1) is 5.61. The van der Waals surface area contributed by atoms with Crippen LogP contribution in [0.4, 0.5) is 0 Å². The van der Waals surface area contributed by atoms with Crippen molar-refractivity contribution >= 4 is 0 Å². The van der Waals surface area contributed by atoms with Crippen LogP contribution in [0.1, 0.15) is 20.8 Å². The van der Waals surface area contributed by atoms with Gasteiger partial charge in [0.15, 0.2) is 0 Å². The van der Waals surface area contributed by atoms with Crippen molar-refractivity contribution in [3.8, 4) is 0 Å². The number of allylic oxidation sites excluding steroid dienone is 2. The molecule has 0 radical (unpaired) electrons. The van der Waals surface area contributed by atoms with Crippen LogP contribution in [0.2, 0.25) is 0 Å². The zero-order chi connectivity index (χ0) is 4.99. The van der Waals surface area contributed by atoms with Gasteiger partial charge in [0, 0.05) is 32.8 Å². The molecule has 0 atom stereocenters. The minimum Gasteiger partial charge on any atom is 0.0211 e. The summed E-state index contributed by atoms with van der Waals surface area (Å²) in [5.41, 5.74) is 0. The average Bonchev–Trinajstić information content (AvgIpc) is 1.35. The Morgan fingerprint density at radius 2 is 1.83 bits per heavy atom. The van der Waals surface area contributed by atoms with Gasteiger partial charge in [0.2, 0.25) is 0 Å². The zero-order valence-electron chi connectivity index (χ0n) is 4.65. The van der Waals surface area contributed by atoms with Gasteiger partial charge in [-0.3, -0.25) is 0 Å². The standard InChI is InChI=1S/C6H11/c1-4-5-6(2)3/h4-5H,1-3H3/q+1. The molecular weight excluding hydrogens is 72.1 g/mol. The van der Waals surface area contributed by atoms with Crippen molar-refractivity contribution in [3.63, 3.8) is 0 Å². The van der Waals surface area contributed by atoms with Gasteiger partial charge in [0.25, 0.3) is 0 Å². The van der Waals surface area contributed by atoms with Gasteiger partial charge in [-0.2, -0.15) is 0 Å². The van der Waals surface area contributed by atoms with Crippen molar-refractivity contribution in [3.05, 3.63) is 18.1 Å². The monoisotopic (exact) mass is 83.1 g/mol. The second kappa shape index (κ2) is 2.83. The first-order valence-electron chi connectivity index (χ1n) is 2.20. The first-order chi connectivity index (χ1) is 2.77. The molecule has 0 aliphatic heterocycles. The summed E-state index contributed by atoms with van der Waals surface area (Å²) in [5, 5.41) is 0. The highest BCUT2D eigenvalue weighted by atomic mass is 13.8. The van der Waals surface area contributed by atoms with E-state index >= 15 is 0 Å². The van der Waals surface area contributed by atoms with Crippen molar-refractivity contribution in [2.45, 2.75) is 20.8 Å². The molecule has 0 unspecified atom stereocenters. The van der Waals surface area contributed by atoms with E-state index in [0.29, 0.717) is 0 Å². The minimum absolute atomic E-state index is 1.36. The second-order valence-corrected chi connectivity index (χ2v) is 1.58. The highest BCUT2D eigenvalue weighted by Crippen LogP contribution is 1.93. The molecule has 0 N–H and O–H groups in total. The average molecular weight is 83.2 g/mol. The van der Waals surface area contributed by atoms with Gasteiger partial charge in [-0.25, -0.2) is 0 Å². The molecule has 0 bridgehead atoms. The van der Waals surface area contributed by atoms with Gasteiger partial charge in [-0.1, -0.05) is 0 Å². The van der Waals surface area contributed by atoms with E-state index in [1.54, 1.807) is 0 Å². The Kier molecular flexibility index (Phi) is 2.64. The molecule has 6 heavy (non-hydrogen) atoms. The molecule has 0 nitrogen and oxygen atoms in total. The molecule has 0 spiro atoms. The molecule has 34 valence electrons. The molecule has 0 saturated carbocycles. The van der Waals surface area contributed by atoms with Crippen LogP contribution in [0.5, 0.6) is 0 Å². The minimum atomic E-state index is 1.36. The lowest BCUT2D eigenvalue weighted by Gasteiger charge is -1.76. The third kappa shape index (κ3) is 3.61. The van der Waals surface area contributed by atoms with Gasteiger partial charge in [-0.15, -0.1) is 0 Å². The maximum Gasteiger partial charge on any atom is 0.0912 e. The predicted molar refractivity (Wildman–Crippen MR) is 29.4 cm³/mol. The third-order valence-electron chi connectivity index (χ3n) is 0.500. The number of hydrogen-bond donors (Lipinski definition) is 0. The molecule has 0 rings (SSSR count). The molecule has 0 heterocycles. The fraction of sp³-hybridized carbons (Fsp3) is 0.500. The Morgan fingerprint density at radius 3 is 1.83 bits per heavy atom. The van der Waals surface area contributed by atoms with E-state index in [-0.39, 0.29) is 0 Å². The molecule has 0 amide bonds. The summed E-state index contributed by atoms with van der Waals surface area (Å²) < 4.78 is 0. The Bertz CT molecular complexity index is 42.0. The van der Waals surface area contributed by atoms with E-state index in [1.807, 2.05) is 13.0 Å². The molecule has 0 aliphatic carbocycles. The Hall–Kier alpha value is -0.390. The van der Waals surface area contributed by atoms with Crippen LogP contribution < -0.4 is 0 Å². The van der Waals surface area contributed by atoms with Crippen molar-refractivity contribution in [1.29, 1.82) is 0 Å². The van der Waals surface area contributed by atoms with E-state index in [9.17, 15) is 0 Å². The molecular formula is C6H11+. The quantitative estimate of drug-likeness (QED) is 0.426.